The highest BCUT2D eigenvalue weighted by Crippen LogP contribution is 2.35. The zero-order chi connectivity index (χ0) is 72.2. The third-order valence-electron chi connectivity index (χ3n) is 20.6. The number of carbonyl (C=O) groups is 5. The number of hydrogen-bond acceptors (Lipinski definition) is 15. The van der Waals surface area contributed by atoms with Crippen LogP contribution in [0, 0.1) is 13.8 Å². The molecular weight excluding hydrogens is 1310 g/mol. The number of amides is 4. The van der Waals surface area contributed by atoms with Crippen LogP contribution in [0.15, 0.2) is 146 Å². The molecule has 6 aromatic carbocycles. The molecule has 4 fully saturated rings. The number of nitrogens with zero attached hydrogens (tertiary/aromatic N) is 7. The van der Waals surface area contributed by atoms with Gasteiger partial charge in [0.15, 0.2) is 11.3 Å². The minimum Gasteiger partial charge on any atom is -0.381 e. The van der Waals surface area contributed by atoms with Crippen LogP contribution in [0.1, 0.15) is 162 Å². The molecule has 0 unspecified atom stereocenters. The van der Waals surface area contributed by atoms with Crippen molar-refractivity contribution in [2.45, 2.75) is 156 Å². The van der Waals surface area contributed by atoms with E-state index in [1.165, 1.54) is 28.7 Å². The number of ether oxygens (including phenoxy) is 2. The van der Waals surface area contributed by atoms with Crippen LogP contribution < -0.4 is 37.2 Å². The van der Waals surface area contributed by atoms with Gasteiger partial charge in [-0.2, -0.15) is 10.2 Å². The summed E-state index contributed by atoms with van der Waals surface area (Å²) in [7, 11) is 0. The van der Waals surface area contributed by atoms with Crippen molar-refractivity contribution in [3.8, 4) is 22.3 Å². The lowest BCUT2D eigenvalue weighted by molar-refractivity contribution is 0.0903. The molecule has 10 aromatic rings. The number of likely N-dealkylation sites (tertiary alicyclic amines) is 1. The number of benzene rings is 6. The zero-order valence-corrected chi connectivity index (χ0v) is 60.4. The third-order valence-corrected chi connectivity index (χ3v) is 20.6. The molecule has 7 N–H and O–H groups in total. The van der Waals surface area contributed by atoms with Crippen molar-refractivity contribution in [2.75, 3.05) is 50.2 Å². The number of rotatable bonds is 25. The van der Waals surface area contributed by atoms with Crippen molar-refractivity contribution in [3.63, 3.8) is 0 Å². The standard InChI is InChI=1S/C44H52N8O3.C39H42N6O4/c1-4-40-38(41(49-34-14-16-55-17-15-34)39-25-48-52(5-2)42(39)50-40)24-47-44(54)33-11-7-10-32(20-33)43(53)46-22-29-13-12-28(3)37(19-29)31-9-6-8-30(18-31)26-51-27-35-21-36(51)23-45-35;1-4-35-33(36(43-31-14-16-49-17-15-31)34-23-42-45(5-2)37(34)44-35)22-41-39(48)30-11-7-10-29(20-30)38(47)40-21-26-13-12-25(3)32(19-26)28-9-6-8-27(18-28)24-46/h6-13,18-20,25,34-36,45H,4-5,14-17,21-24,26-27H2,1-3H3,(H,46,53)(H,47,54)(H,49,50);6-13,18-20,23-24,31H,4-5,14-17,21-22H2,1-3H3,(H,40,47)(H,41,48)(H,43,44)/t35-,36-;/m0./s1. The van der Waals surface area contributed by atoms with E-state index in [4.69, 9.17) is 19.4 Å². The molecule has 21 heteroatoms. The summed E-state index contributed by atoms with van der Waals surface area (Å²) in [6.45, 7) is 21.1. The Hall–Kier alpha value is -10.5. The molecule has 4 amide bonds. The summed E-state index contributed by atoms with van der Waals surface area (Å²) in [5.74, 6) is -1.04. The fraction of sp³-hybridized carbons (Fsp3) is 0.361. The SMILES string of the molecule is CCc1nc2c(cnn2CC)c(NC2CCOCC2)c1CNC(=O)c1cccc(C(=O)NCc2ccc(C)c(-c3cccc(C=O)c3)c2)c1.CCc1nc2c(cnn2CC)c(NC2CCOCC2)c1CNC(=O)c1cccc(C(=O)NCc2ccc(C)c(-c3cccc(CN4C[C@@H]5C[C@H]4CN5)c3)c2)c1. The Bertz CT molecular complexity index is 4780. The Morgan fingerprint density at radius 2 is 0.981 bits per heavy atom. The van der Waals surface area contributed by atoms with Crippen LogP contribution in [0.4, 0.5) is 11.4 Å². The van der Waals surface area contributed by atoms with Gasteiger partial charge in [0.2, 0.25) is 0 Å². The number of pyridine rings is 2. The number of piperazine rings is 1. The second kappa shape index (κ2) is 33.3. The molecule has 0 radical (unpaired) electrons. The van der Waals surface area contributed by atoms with Gasteiger partial charge in [-0.1, -0.05) is 86.6 Å². The minimum absolute atomic E-state index is 0.230. The van der Waals surface area contributed by atoms with Gasteiger partial charge < -0.3 is 46.7 Å². The van der Waals surface area contributed by atoms with Crippen LogP contribution in [-0.2, 0) is 68.1 Å². The molecule has 2 atom stereocenters. The molecule has 0 aliphatic carbocycles. The van der Waals surface area contributed by atoms with Gasteiger partial charge in [-0.3, -0.25) is 28.9 Å². The van der Waals surface area contributed by atoms with E-state index in [-0.39, 0.29) is 42.3 Å². The number of carbonyl (C=O) groups excluding carboxylic acids is 5. The predicted molar refractivity (Wildman–Crippen MR) is 407 cm³/mol. The number of aromatic nitrogens is 6. The fourth-order valence-corrected chi connectivity index (χ4v) is 14.8. The number of hydrogen-bond donors (Lipinski definition) is 7. The van der Waals surface area contributed by atoms with Crippen molar-refractivity contribution in [2.24, 2.45) is 0 Å². The molecule has 104 heavy (non-hydrogen) atoms. The summed E-state index contributed by atoms with van der Waals surface area (Å²) in [6.07, 6.45) is 10.8. The molecule has 14 rings (SSSR count). The first-order valence-corrected chi connectivity index (χ1v) is 36.8. The Labute approximate surface area is 607 Å². The number of aldehydes is 1. The van der Waals surface area contributed by atoms with Gasteiger partial charge >= 0.3 is 0 Å². The van der Waals surface area contributed by atoms with Crippen molar-refractivity contribution in [3.05, 3.63) is 224 Å². The lowest BCUT2D eigenvalue weighted by Gasteiger charge is -2.27. The van der Waals surface area contributed by atoms with Crippen LogP contribution in [0.2, 0.25) is 0 Å². The highest BCUT2D eigenvalue weighted by Gasteiger charge is 2.37. The highest BCUT2D eigenvalue weighted by atomic mass is 16.5. The quantitative estimate of drug-likeness (QED) is 0.0263. The van der Waals surface area contributed by atoms with E-state index in [0.717, 1.165) is 155 Å². The fourth-order valence-electron chi connectivity index (χ4n) is 14.8. The maximum absolute atomic E-state index is 13.6. The van der Waals surface area contributed by atoms with Crippen molar-refractivity contribution in [1.29, 1.82) is 0 Å². The number of aryl methyl sites for hydroxylation is 6. The Balaban J connectivity index is 0.000000186. The maximum Gasteiger partial charge on any atom is 0.251 e. The molecule has 8 heterocycles. The summed E-state index contributed by atoms with van der Waals surface area (Å²) >= 11 is 0. The van der Waals surface area contributed by atoms with Crippen LogP contribution in [0.25, 0.3) is 44.3 Å². The normalized spacial score (nSPS) is 16.1. The highest BCUT2D eigenvalue weighted by molar-refractivity contribution is 6.01. The molecule has 4 saturated heterocycles. The molecule has 21 nitrogen and oxygen atoms in total. The number of nitrogens with one attached hydrogen (secondary N) is 7. The van der Waals surface area contributed by atoms with E-state index < -0.39 is 0 Å². The molecule has 538 valence electrons. The van der Waals surface area contributed by atoms with Crippen LogP contribution in [-0.4, -0.2) is 128 Å². The second-order valence-electron chi connectivity index (χ2n) is 27.5. The van der Waals surface area contributed by atoms with Crippen LogP contribution in [0.3, 0.4) is 0 Å². The first-order chi connectivity index (χ1) is 50.7. The molecule has 4 aliphatic rings. The summed E-state index contributed by atoms with van der Waals surface area (Å²) in [5.41, 5.74) is 19.4. The predicted octanol–water partition coefficient (Wildman–Crippen LogP) is 12.2. The van der Waals surface area contributed by atoms with Gasteiger partial charge in [0, 0.05) is 160 Å². The van der Waals surface area contributed by atoms with E-state index in [1.54, 1.807) is 54.6 Å². The molecule has 4 aliphatic heterocycles. The first-order valence-electron chi connectivity index (χ1n) is 36.8. The van der Waals surface area contributed by atoms with Gasteiger partial charge in [-0.15, -0.1) is 0 Å². The van der Waals surface area contributed by atoms with Crippen molar-refractivity contribution < 1.29 is 33.4 Å². The van der Waals surface area contributed by atoms with E-state index in [9.17, 15) is 24.0 Å². The molecular formula is C83H94N14O7. The van der Waals surface area contributed by atoms with Gasteiger partial charge in [0.25, 0.3) is 23.6 Å². The number of anilines is 2. The topological polar surface area (TPSA) is 253 Å². The molecule has 2 bridgehead atoms. The Kier molecular flexibility index (Phi) is 23.1. The zero-order valence-electron chi connectivity index (χ0n) is 60.4. The summed E-state index contributed by atoms with van der Waals surface area (Å²) < 4.78 is 15.0. The minimum atomic E-state index is -0.279. The average molecular weight is 1400 g/mol. The first kappa shape index (κ1) is 71.9. The largest absolute Gasteiger partial charge is 0.381 e. The van der Waals surface area contributed by atoms with E-state index in [1.807, 2.05) is 72.0 Å². The summed E-state index contributed by atoms with van der Waals surface area (Å²) in [5, 5.41) is 34.4. The smallest absolute Gasteiger partial charge is 0.251 e. The number of fused-ring (bicyclic) bond motifs is 4. The van der Waals surface area contributed by atoms with Crippen LogP contribution >= 0.6 is 0 Å². The molecule has 0 spiro atoms. The van der Waals surface area contributed by atoms with Crippen LogP contribution in [0.5, 0.6) is 0 Å². The average Bonchev–Trinajstić information content (AvgIpc) is 1.91. The van der Waals surface area contributed by atoms with E-state index in [2.05, 4.69) is 122 Å². The molecule has 4 aromatic heterocycles. The molecule has 0 saturated carbocycles. The summed E-state index contributed by atoms with van der Waals surface area (Å²) in [4.78, 5) is 77.7. The summed E-state index contributed by atoms with van der Waals surface area (Å²) in [6, 6.07) is 44.1. The van der Waals surface area contributed by atoms with E-state index in [0.29, 0.717) is 92.1 Å². The van der Waals surface area contributed by atoms with Gasteiger partial charge in [0.05, 0.1) is 34.5 Å². The van der Waals surface area contributed by atoms with Gasteiger partial charge in [-0.25, -0.2) is 19.3 Å². The van der Waals surface area contributed by atoms with Crippen molar-refractivity contribution >= 4 is 63.4 Å². The monoisotopic (exact) mass is 1400 g/mol. The lowest BCUT2D eigenvalue weighted by Crippen LogP contribution is -2.42. The Morgan fingerprint density at radius 3 is 1.41 bits per heavy atom. The van der Waals surface area contributed by atoms with Gasteiger partial charge in [-0.05, 0) is 183 Å². The van der Waals surface area contributed by atoms with Crippen molar-refractivity contribution in [1.82, 2.24) is 61.0 Å². The third kappa shape index (κ3) is 16.6. The van der Waals surface area contributed by atoms with Gasteiger partial charge in [0.1, 0.15) is 6.29 Å². The Morgan fingerprint density at radius 1 is 0.529 bits per heavy atom. The second-order valence-corrected chi connectivity index (χ2v) is 27.5. The van der Waals surface area contributed by atoms with E-state index >= 15 is 0 Å². The maximum atomic E-state index is 13.6. The lowest BCUT2D eigenvalue weighted by atomic mass is 9.96.